The molecule has 0 spiro atoms. The SMILES string of the molecule is C=C(C)CSCc1c2c(cc(F)c1Oc1ccc(F)c(C#N)c1)NCC2. The van der Waals surface area contributed by atoms with Crippen LogP contribution in [0.2, 0.25) is 0 Å². The van der Waals surface area contributed by atoms with Crippen molar-refractivity contribution in [3.63, 3.8) is 0 Å². The number of nitriles is 1. The molecular formula is C20H18F2N2OS. The summed E-state index contributed by atoms with van der Waals surface area (Å²) in [6.07, 6.45) is 0.793. The Labute approximate surface area is 155 Å². The molecule has 0 saturated carbocycles. The quantitative estimate of drug-likeness (QED) is 0.689. The Morgan fingerprint density at radius 3 is 2.88 bits per heavy atom. The summed E-state index contributed by atoms with van der Waals surface area (Å²) in [7, 11) is 0. The zero-order chi connectivity index (χ0) is 18.7. The Hall–Kier alpha value is -2.52. The number of hydrogen-bond donors (Lipinski definition) is 1. The van der Waals surface area contributed by atoms with Crippen LogP contribution >= 0.6 is 11.8 Å². The lowest BCUT2D eigenvalue weighted by Crippen LogP contribution is -2.00. The highest BCUT2D eigenvalue weighted by atomic mass is 32.2. The molecule has 2 aromatic rings. The predicted molar refractivity (Wildman–Crippen MR) is 101 cm³/mol. The maximum absolute atomic E-state index is 14.7. The van der Waals surface area contributed by atoms with Crippen molar-refractivity contribution in [1.82, 2.24) is 0 Å². The summed E-state index contributed by atoms with van der Waals surface area (Å²) in [5.74, 6) is 0.613. The first-order chi connectivity index (χ1) is 12.5. The van der Waals surface area contributed by atoms with Gasteiger partial charge in [-0.3, -0.25) is 0 Å². The number of hydrogen-bond acceptors (Lipinski definition) is 4. The van der Waals surface area contributed by atoms with E-state index in [1.54, 1.807) is 17.8 Å². The molecule has 134 valence electrons. The molecule has 0 unspecified atom stereocenters. The number of rotatable bonds is 6. The normalized spacial score (nSPS) is 12.2. The third-order valence-corrected chi connectivity index (χ3v) is 5.20. The molecule has 3 nitrogen and oxygen atoms in total. The molecule has 0 bridgehead atoms. The van der Waals surface area contributed by atoms with Gasteiger partial charge in [-0.05, 0) is 31.0 Å². The molecule has 26 heavy (non-hydrogen) atoms. The van der Waals surface area contributed by atoms with E-state index < -0.39 is 11.6 Å². The zero-order valence-corrected chi connectivity index (χ0v) is 15.2. The van der Waals surface area contributed by atoms with E-state index in [0.717, 1.165) is 47.2 Å². The van der Waals surface area contributed by atoms with Crippen LogP contribution in [0, 0.1) is 23.0 Å². The number of halogens is 2. The fourth-order valence-corrected chi connectivity index (χ4v) is 3.81. The number of nitrogens with one attached hydrogen (secondary N) is 1. The van der Waals surface area contributed by atoms with E-state index in [-0.39, 0.29) is 17.1 Å². The monoisotopic (exact) mass is 372 g/mol. The Balaban J connectivity index is 1.97. The van der Waals surface area contributed by atoms with Crippen LogP contribution in [0.4, 0.5) is 14.5 Å². The average molecular weight is 372 g/mol. The van der Waals surface area contributed by atoms with E-state index >= 15 is 0 Å². The second-order valence-electron chi connectivity index (χ2n) is 6.17. The molecule has 0 aliphatic carbocycles. The van der Waals surface area contributed by atoms with E-state index in [4.69, 9.17) is 10.00 Å². The Morgan fingerprint density at radius 2 is 2.15 bits per heavy atom. The smallest absolute Gasteiger partial charge is 0.168 e. The molecule has 1 aliphatic rings. The molecule has 0 atom stereocenters. The molecule has 2 aromatic carbocycles. The molecule has 0 fully saturated rings. The minimum absolute atomic E-state index is 0.135. The fourth-order valence-electron chi connectivity index (χ4n) is 2.85. The summed E-state index contributed by atoms with van der Waals surface area (Å²) < 4.78 is 34.0. The van der Waals surface area contributed by atoms with Gasteiger partial charge in [-0.1, -0.05) is 12.2 Å². The van der Waals surface area contributed by atoms with Gasteiger partial charge in [0.1, 0.15) is 17.6 Å². The van der Waals surface area contributed by atoms with Crippen LogP contribution in [0.1, 0.15) is 23.6 Å². The highest BCUT2D eigenvalue weighted by molar-refractivity contribution is 7.98. The molecule has 0 radical (unpaired) electrons. The average Bonchev–Trinajstić information content (AvgIpc) is 3.06. The standard InChI is InChI=1S/C20H18F2N2OS/c1-12(2)10-26-11-16-15-5-6-24-19(15)8-18(22)20(16)25-14-3-4-17(21)13(7-14)9-23/h3-4,7-8,24H,1,5-6,10-11H2,2H3. The van der Waals surface area contributed by atoms with Crippen LogP contribution in [0.25, 0.3) is 0 Å². The van der Waals surface area contributed by atoms with Crippen LogP contribution in [0.15, 0.2) is 36.4 Å². The van der Waals surface area contributed by atoms with E-state index in [0.29, 0.717) is 5.75 Å². The molecule has 1 N–H and O–H groups in total. The van der Waals surface area contributed by atoms with Gasteiger partial charge in [0.2, 0.25) is 0 Å². The summed E-state index contributed by atoms with van der Waals surface area (Å²) in [6.45, 7) is 6.59. The maximum atomic E-state index is 14.7. The summed E-state index contributed by atoms with van der Waals surface area (Å²) in [6, 6.07) is 7.02. The predicted octanol–water partition coefficient (Wildman–Crippen LogP) is 5.41. The molecule has 0 saturated heterocycles. The summed E-state index contributed by atoms with van der Waals surface area (Å²) in [4.78, 5) is 0. The van der Waals surface area contributed by atoms with Gasteiger partial charge in [0.25, 0.3) is 0 Å². The Morgan fingerprint density at radius 1 is 1.35 bits per heavy atom. The van der Waals surface area contributed by atoms with Crippen molar-refractivity contribution < 1.29 is 13.5 Å². The number of fused-ring (bicyclic) bond motifs is 1. The van der Waals surface area contributed by atoms with Gasteiger partial charge in [-0.25, -0.2) is 8.78 Å². The molecule has 3 rings (SSSR count). The minimum Gasteiger partial charge on any atom is -0.454 e. The third kappa shape index (κ3) is 3.83. The minimum atomic E-state index is -0.629. The molecule has 6 heteroatoms. The fraction of sp³-hybridized carbons (Fsp3) is 0.250. The van der Waals surface area contributed by atoms with E-state index in [9.17, 15) is 8.78 Å². The van der Waals surface area contributed by atoms with Crippen LogP contribution in [-0.2, 0) is 12.2 Å². The van der Waals surface area contributed by atoms with Gasteiger partial charge in [0, 0.05) is 41.4 Å². The Bertz CT molecular complexity index is 906. The zero-order valence-electron chi connectivity index (χ0n) is 14.4. The first-order valence-electron chi connectivity index (χ1n) is 8.17. The van der Waals surface area contributed by atoms with Crippen LogP contribution in [0.3, 0.4) is 0 Å². The first kappa shape index (κ1) is 18.3. The van der Waals surface area contributed by atoms with Crippen LogP contribution in [-0.4, -0.2) is 12.3 Å². The van der Waals surface area contributed by atoms with Crippen molar-refractivity contribution in [2.75, 3.05) is 17.6 Å². The first-order valence-corrected chi connectivity index (χ1v) is 9.33. The number of anilines is 1. The second kappa shape index (κ2) is 7.79. The van der Waals surface area contributed by atoms with Crippen molar-refractivity contribution in [1.29, 1.82) is 5.26 Å². The molecule has 0 aromatic heterocycles. The lowest BCUT2D eigenvalue weighted by molar-refractivity contribution is 0.436. The van der Waals surface area contributed by atoms with Crippen LogP contribution in [0.5, 0.6) is 11.5 Å². The van der Waals surface area contributed by atoms with Crippen LogP contribution < -0.4 is 10.1 Å². The molecule has 1 heterocycles. The van der Waals surface area contributed by atoms with Crippen molar-refractivity contribution in [2.24, 2.45) is 0 Å². The highest BCUT2D eigenvalue weighted by Crippen LogP contribution is 2.40. The second-order valence-corrected chi connectivity index (χ2v) is 7.16. The topological polar surface area (TPSA) is 45.0 Å². The van der Waals surface area contributed by atoms with Crippen molar-refractivity contribution in [3.05, 3.63) is 64.7 Å². The molecule has 0 amide bonds. The van der Waals surface area contributed by atoms with Gasteiger partial charge >= 0.3 is 0 Å². The lowest BCUT2D eigenvalue weighted by atomic mass is 10.0. The van der Waals surface area contributed by atoms with Crippen molar-refractivity contribution in [3.8, 4) is 17.6 Å². The summed E-state index contributed by atoms with van der Waals surface area (Å²) in [5, 5.41) is 12.2. The van der Waals surface area contributed by atoms with Gasteiger partial charge in [-0.15, -0.1) is 0 Å². The van der Waals surface area contributed by atoms with Crippen molar-refractivity contribution >= 4 is 17.4 Å². The number of nitrogens with zero attached hydrogens (tertiary/aromatic N) is 1. The summed E-state index contributed by atoms with van der Waals surface area (Å²) in [5.41, 5.74) is 3.53. The van der Waals surface area contributed by atoms with Gasteiger partial charge < -0.3 is 10.1 Å². The Kier molecular flexibility index (Phi) is 5.48. The molecular weight excluding hydrogens is 354 g/mol. The summed E-state index contributed by atoms with van der Waals surface area (Å²) >= 11 is 1.64. The van der Waals surface area contributed by atoms with Crippen molar-refractivity contribution in [2.45, 2.75) is 19.1 Å². The lowest BCUT2D eigenvalue weighted by Gasteiger charge is -2.16. The van der Waals surface area contributed by atoms with E-state index in [2.05, 4.69) is 11.9 Å². The van der Waals surface area contributed by atoms with E-state index in [1.807, 2.05) is 6.92 Å². The maximum Gasteiger partial charge on any atom is 0.168 e. The number of ether oxygens (including phenoxy) is 1. The number of thioether (sulfide) groups is 1. The van der Waals surface area contributed by atoms with Gasteiger partial charge in [-0.2, -0.15) is 17.0 Å². The highest BCUT2D eigenvalue weighted by Gasteiger charge is 2.23. The van der Waals surface area contributed by atoms with E-state index in [1.165, 1.54) is 18.2 Å². The molecule has 1 aliphatic heterocycles. The van der Waals surface area contributed by atoms with Gasteiger partial charge in [0.15, 0.2) is 11.6 Å². The number of benzene rings is 2. The largest absolute Gasteiger partial charge is 0.454 e. The third-order valence-electron chi connectivity index (χ3n) is 4.01. The van der Waals surface area contributed by atoms with Gasteiger partial charge in [0.05, 0.1) is 5.56 Å².